The van der Waals surface area contributed by atoms with Gasteiger partial charge in [0.1, 0.15) is 5.75 Å². The number of carbonyl (C=O) groups is 1. The molecule has 1 amide bonds. The zero-order valence-electron chi connectivity index (χ0n) is 14.0. The maximum absolute atomic E-state index is 12.4. The average Bonchev–Trinajstić information content (AvgIpc) is 2.64. The minimum Gasteiger partial charge on any atom is -0.494 e. The van der Waals surface area contributed by atoms with Crippen LogP contribution in [0.3, 0.4) is 0 Å². The van der Waals surface area contributed by atoms with Gasteiger partial charge in [0.15, 0.2) is 0 Å². The van der Waals surface area contributed by atoms with Crippen molar-refractivity contribution >= 4 is 5.91 Å². The van der Waals surface area contributed by atoms with Crippen LogP contribution in [0.5, 0.6) is 5.75 Å². The minimum atomic E-state index is 0.0955. The third-order valence-electron chi connectivity index (χ3n) is 4.23. The standard InChI is InChI=1S/C19H23N3O2/c1-2-24-18-5-3-16(4-6-18)15-21-11-13-22(14-12-21)19(23)17-7-9-20-10-8-17/h3-10H,2,11-15H2,1H3. The summed E-state index contributed by atoms with van der Waals surface area (Å²) in [6, 6.07) is 11.8. The molecular formula is C19H23N3O2. The zero-order chi connectivity index (χ0) is 16.8. The number of nitrogens with zero attached hydrogens (tertiary/aromatic N) is 3. The van der Waals surface area contributed by atoms with Crippen molar-refractivity contribution in [3.8, 4) is 5.75 Å². The van der Waals surface area contributed by atoms with Crippen LogP contribution < -0.4 is 4.74 Å². The predicted molar refractivity (Wildman–Crippen MR) is 93.0 cm³/mol. The number of amides is 1. The Labute approximate surface area is 142 Å². The first-order chi connectivity index (χ1) is 11.8. The van der Waals surface area contributed by atoms with Crippen LogP contribution in [0.15, 0.2) is 48.8 Å². The van der Waals surface area contributed by atoms with Gasteiger partial charge in [-0.3, -0.25) is 14.7 Å². The topological polar surface area (TPSA) is 45.7 Å². The molecule has 1 aliphatic rings. The summed E-state index contributed by atoms with van der Waals surface area (Å²) in [6.45, 7) is 6.89. The molecule has 5 heteroatoms. The normalized spacial score (nSPS) is 15.3. The van der Waals surface area contributed by atoms with Crippen LogP contribution in [-0.2, 0) is 6.54 Å². The maximum Gasteiger partial charge on any atom is 0.254 e. The van der Waals surface area contributed by atoms with Crippen LogP contribution in [-0.4, -0.2) is 53.5 Å². The summed E-state index contributed by atoms with van der Waals surface area (Å²) in [4.78, 5) is 20.7. The molecule has 126 valence electrons. The van der Waals surface area contributed by atoms with E-state index in [-0.39, 0.29) is 5.91 Å². The second kappa shape index (κ2) is 7.93. The third kappa shape index (κ3) is 4.11. The second-order valence-corrected chi connectivity index (χ2v) is 5.88. The Morgan fingerprint density at radius 2 is 1.71 bits per heavy atom. The summed E-state index contributed by atoms with van der Waals surface area (Å²) < 4.78 is 5.47. The molecule has 1 aromatic heterocycles. The molecule has 0 spiro atoms. The van der Waals surface area contributed by atoms with E-state index in [0.717, 1.165) is 38.5 Å². The van der Waals surface area contributed by atoms with Gasteiger partial charge in [-0.25, -0.2) is 0 Å². The molecule has 1 fully saturated rings. The van der Waals surface area contributed by atoms with Crippen LogP contribution in [0, 0.1) is 0 Å². The Kier molecular flexibility index (Phi) is 5.43. The molecule has 0 saturated carbocycles. The van der Waals surface area contributed by atoms with Gasteiger partial charge in [-0.15, -0.1) is 0 Å². The van der Waals surface area contributed by atoms with Gasteiger partial charge in [0.25, 0.3) is 5.91 Å². The van der Waals surface area contributed by atoms with E-state index < -0.39 is 0 Å². The van der Waals surface area contributed by atoms with E-state index in [1.165, 1.54) is 5.56 Å². The number of carbonyl (C=O) groups excluding carboxylic acids is 1. The molecule has 3 rings (SSSR count). The van der Waals surface area contributed by atoms with Crippen molar-refractivity contribution in [2.45, 2.75) is 13.5 Å². The fourth-order valence-electron chi connectivity index (χ4n) is 2.90. The van der Waals surface area contributed by atoms with Crippen LogP contribution in [0.4, 0.5) is 0 Å². The number of benzene rings is 1. The van der Waals surface area contributed by atoms with Crippen molar-refractivity contribution in [1.82, 2.24) is 14.8 Å². The number of pyridine rings is 1. The highest BCUT2D eigenvalue weighted by Crippen LogP contribution is 2.15. The Hall–Kier alpha value is -2.40. The molecule has 0 radical (unpaired) electrons. The van der Waals surface area contributed by atoms with E-state index in [1.54, 1.807) is 24.5 Å². The second-order valence-electron chi connectivity index (χ2n) is 5.88. The first-order valence-corrected chi connectivity index (χ1v) is 8.39. The van der Waals surface area contributed by atoms with Gasteiger partial charge in [-0.2, -0.15) is 0 Å². The Bertz CT molecular complexity index is 650. The monoisotopic (exact) mass is 325 g/mol. The maximum atomic E-state index is 12.4. The van der Waals surface area contributed by atoms with Gasteiger partial charge in [0, 0.05) is 50.7 Å². The van der Waals surface area contributed by atoms with Crippen molar-refractivity contribution in [2.75, 3.05) is 32.8 Å². The molecule has 1 aliphatic heterocycles. The Morgan fingerprint density at radius 3 is 2.33 bits per heavy atom. The quantitative estimate of drug-likeness (QED) is 0.847. The van der Waals surface area contributed by atoms with E-state index in [2.05, 4.69) is 22.0 Å². The molecule has 2 heterocycles. The van der Waals surface area contributed by atoms with Crippen LogP contribution >= 0.6 is 0 Å². The molecule has 0 atom stereocenters. The highest BCUT2D eigenvalue weighted by Gasteiger charge is 2.22. The van der Waals surface area contributed by atoms with Gasteiger partial charge in [-0.05, 0) is 36.8 Å². The van der Waals surface area contributed by atoms with E-state index in [0.29, 0.717) is 12.2 Å². The number of piperazine rings is 1. The number of rotatable bonds is 5. The van der Waals surface area contributed by atoms with Crippen molar-refractivity contribution in [1.29, 1.82) is 0 Å². The average molecular weight is 325 g/mol. The van der Waals surface area contributed by atoms with Crippen molar-refractivity contribution < 1.29 is 9.53 Å². The van der Waals surface area contributed by atoms with Gasteiger partial charge in [0.05, 0.1) is 6.61 Å². The van der Waals surface area contributed by atoms with E-state index in [9.17, 15) is 4.79 Å². The molecule has 0 unspecified atom stereocenters. The molecule has 5 nitrogen and oxygen atoms in total. The van der Waals surface area contributed by atoms with Gasteiger partial charge >= 0.3 is 0 Å². The summed E-state index contributed by atoms with van der Waals surface area (Å²) in [5.41, 5.74) is 1.98. The van der Waals surface area contributed by atoms with E-state index in [4.69, 9.17) is 4.74 Å². The first-order valence-electron chi connectivity index (χ1n) is 8.39. The van der Waals surface area contributed by atoms with Gasteiger partial charge in [-0.1, -0.05) is 12.1 Å². The Morgan fingerprint density at radius 1 is 1.04 bits per heavy atom. The summed E-state index contributed by atoms with van der Waals surface area (Å²) >= 11 is 0. The minimum absolute atomic E-state index is 0.0955. The molecule has 1 aromatic carbocycles. The zero-order valence-corrected chi connectivity index (χ0v) is 14.0. The van der Waals surface area contributed by atoms with Gasteiger partial charge in [0.2, 0.25) is 0 Å². The number of hydrogen-bond donors (Lipinski definition) is 0. The first kappa shape index (κ1) is 16.5. The van der Waals surface area contributed by atoms with Crippen molar-refractivity contribution in [3.05, 3.63) is 59.9 Å². The molecule has 0 bridgehead atoms. The van der Waals surface area contributed by atoms with E-state index >= 15 is 0 Å². The molecule has 0 aliphatic carbocycles. The summed E-state index contributed by atoms with van der Waals surface area (Å²) in [5.74, 6) is 1.01. The summed E-state index contributed by atoms with van der Waals surface area (Å²) in [5, 5.41) is 0. The van der Waals surface area contributed by atoms with Gasteiger partial charge < -0.3 is 9.64 Å². The smallest absolute Gasteiger partial charge is 0.254 e. The van der Waals surface area contributed by atoms with Crippen LogP contribution in [0.25, 0.3) is 0 Å². The van der Waals surface area contributed by atoms with Crippen molar-refractivity contribution in [2.24, 2.45) is 0 Å². The van der Waals surface area contributed by atoms with E-state index in [1.807, 2.05) is 24.0 Å². The lowest BCUT2D eigenvalue weighted by Gasteiger charge is -2.34. The molecule has 2 aromatic rings. The summed E-state index contributed by atoms with van der Waals surface area (Å²) in [6.07, 6.45) is 3.32. The summed E-state index contributed by atoms with van der Waals surface area (Å²) in [7, 11) is 0. The molecule has 24 heavy (non-hydrogen) atoms. The lowest BCUT2D eigenvalue weighted by molar-refractivity contribution is 0.0628. The molecule has 1 saturated heterocycles. The fraction of sp³-hybridized carbons (Fsp3) is 0.368. The third-order valence-corrected chi connectivity index (χ3v) is 4.23. The van der Waals surface area contributed by atoms with Crippen LogP contribution in [0.2, 0.25) is 0 Å². The number of hydrogen-bond acceptors (Lipinski definition) is 4. The Balaban J connectivity index is 1.51. The largest absolute Gasteiger partial charge is 0.494 e. The SMILES string of the molecule is CCOc1ccc(CN2CCN(C(=O)c3ccncc3)CC2)cc1. The molecule has 0 N–H and O–H groups in total. The van der Waals surface area contributed by atoms with Crippen LogP contribution in [0.1, 0.15) is 22.8 Å². The lowest BCUT2D eigenvalue weighted by atomic mass is 10.1. The lowest BCUT2D eigenvalue weighted by Crippen LogP contribution is -2.48. The highest BCUT2D eigenvalue weighted by molar-refractivity contribution is 5.94. The predicted octanol–water partition coefficient (Wildman–Crippen LogP) is 2.44. The highest BCUT2D eigenvalue weighted by atomic mass is 16.5. The molecular weight excluding hydrogens is 302 g/mol. The fourth-order valence-corrected chi connectivity index (χ4v) is 2.90. The number of aromatic nitrogens is 1. The number of ether oxygens (including phenoxy) is 1. The van der Waals surface area contributed by atoms with Crippen molar-refractivity contribution in [3.63, 3.8) is 0 Å².